The molecule has 1 heterocycles. The molecule has 1 saturated heterocycles. The molecule has 17 heavy (non-hydrogen) atoms. The third-order valence-electron chi connectivity index (χ3n) is 3.96. The number of piperidine rings is 1. The van der Waals surface area contributed by atoms with Crippen LogP contribution in [0.5, 0.6) is 0 Å². The Morgan fingerprint density at radius 2 is 2.00 bits per heavy atom. The van der Waals surface area contributed by atoms with Crippen LogP contribution in [0.15, 0.2) is 24.3 Å². The highest BCUT2D eigenvalue weighted by Gasteiger charge is 2.25. The van der Waals surface area contributed by atoms with Crippen LogP contribution in [0.25, 0.3) is 0 Å². The van der Waals surface area contributed by atoms with Gasteiger partial charge in [0.15, 0.2) is 0 Å². The molecule has 1 aliphatic heterocycles. The monoisotopic (exact) mass is 232 g/mol. The summed E-state index contributed by atoms with van der Waals surface area (Å²) in [5, 5.41) is 6.83. The van der Waals surface area contributed by atoms with E-state index in [-0.39, 0.29) is 0 Å². The molecular formula is C15H24N2. The Bertz CT molecular complexity index is 343. The molecule has 94 valence electrons. The van der Waals surface area contributed by atoms with Crippen molar-refractivity contribution in [1.29, 1.82) is 0 Å². The molecule has 0 aliphatic carbocycles. The minimum absolute atomic E-state index is 0.670. The summed E-state index contributed by atoms with van der Waals surface area (Å²) in [5.41, 5.74) is 2.97. The normalized spacial score (nSPS) is 19.2. The maximum atomic E-state index is 3.46. The van der Waals surface area contributed by atoms with Crippen molar-refractivity contribution in [2.45, 2.75) is 25.7 Å². The summed E-state index contributed by atoms with van der Waals surface area (Å²) in [5.74, 6) is 1.49. The average molecular weight is 232 g/mol. The van der Waals surface area contributed by atoms with Crippen LogP contribution < -0.4 is 10.6 Å². The second-order valence-corrected chi connectivity index (χ2v) is 5.11. The van der Waals surface area contributed by atoms with Gasteiger partial charge in [0.1, 0.15) is 0 Å². The molecule has 0 aromatic heterocycles. The lowest BCUT2D eigenvalue weighted by atomic mass is 9.79. The van der Waals surface area contributed by atoms with E-state index in [4.69, 9.17) is 0 Å². The van der Waals surface area contributed by atoms with Gasteiger partial charge in [-0.25, -0.2) is 0 Å². The minimum Gasteiger partial charge on any atom is -0.319 e. The van der Waals surface area contributed by atoms with Crippen LogP contribution in [0.1, 0.15) is 29.9 Å². The van der Waals surface area contributed by atoms with E-state index in [0.717, 1.165) is 12.5 Å². The molecule has 0 saturated carbocycles. The van der Waals surface area contributed by atoms with Crippen LogP contribution in [-0.2, 0) is 0 Å². The Hall–Kier alpha value is -0.860. The summed E-state index contributed by atoms with van der Waals surface area (Å²) >= 11 is 0. The van der Waals surface area contributed by atoms with E-state index in [1.165, 1.54) is 37.1 Å². The molecule has 0 radical (unpaired) electrons. The Labute approximate surface area is 105 Å². The minimum atomic E-state index is 0.670. The van der Waals surface area contributed by atoms with Gasteiger partial charge in [-0.05, 0) is 62.9 Å². The third kappa shape index (κ3) is 3.08. The highest BCUT2D eigenvalue weighted by molar-refractivity contribution is 5.30. The van der Waals surface area contributed by atoms with Crippen molar-refractivity contribution in [2.75, 3.05) is 26.7 Å². The first-order valence-electron chi connectivity index (χ1n) is 6.73. The summed E-state index contributed by atoms with van der Waals surface area (Å²) in [6, 6.07) is 8.85. The predicted octanol–water partition coefficient (Wildman–Crippen LogP) is 2.30. The van der Waals surface area contributed by atoms with E-state index in [2.05, 4.69) is 48.9 Å². The molecule has 1 fully saturated rings. The molecule has 2 heteroatoms. The van der Waals surface area contributed by atoms with Crippen molar-refractivity contribution in [3.63, 3.8) is 0 Å². The third-order valence-corrected chi connectivity index (χ3v) is 3.96. The standard InChI is InChI=1S/C15H24N2/c1-12-5-3-4-6-14(12)15(11-16-2)13-7-9-17-10-8-13/h3-6,13,15-17H,7-11H2,1-2H3. The summed E-state index contributed by atoms with van der Waals surface area (Å²) in [4.78, 5) is 0. The fourth-order valence-corrected chi connectivity index (χ4v) is 3.00. The van der Waals surface area contributed by atoms with E-state index in [1.807, 2.05) is 0 Å². The van der Waals surface area contributed by atoms with Gasteiger partial charge in [-0.15, -0.1) is 0 Å². The summed E-state index contributed by atoms with van der Waals surface area (Å²) < 4.78 is 0. The number of hydrogen-bond acceptors (Lipinski definition) is 2. The summed E-state index contributed by atoms with van der Waals surface area (Å²) in [6.45, 7) is 5.68. The largest absolute Gasteiger partial charge is 0.319 e. The number of likely N-dealkylation sites (N-methyl/N-ethyl adjacent to an activating group) is 1. The fourth-order valence-electron chi connectivity index (χ4n) is 3.00. The number of benzene rings is 1. The first-order chi connectivity index (χ1) is 8.33. The van der Waals surface area contributed by atoms with Gasteiger partial charge < -0.3 is 10.6 Å². The van der Waals surface area contributed by atoms with E-state index in [9.17, 15) is 0 Å². The second kappa shape index (κ2) is 6.18. The van der Waals surface area contributed by atoms with Gasteiger partial charge in [-0.1, -0.05) is 24.3 Å². The van der Waals surface area contributed by atoms with Gasteiger partial charge in [0, 0.05) is 6.54 Å². The Kier molecular flexibility index (Phi) is 4.57. The lowest BCUT2D eigenvalue weighted by Gasteiger charge is -2.32. The quantitative estimate of drug-likeness (QED) is 0.832. The van der Waals surface area contributed by atoms with Gasteiger partial charge in [0.2, 0.25) is 0 Å². The number of nitrogens with one attached hydrogen (secondary N) is 2. The highest BCUT2D eigenvalue weighted by Crippen LogP contribution is 2.32. The first-order valence-corrected chi connectivity index (χ1v) is 6.73. The Morgan fingerprint density at radius 3 is 2.65 bits per heavy atom. The molecule has 2 nitrogen and oxygen atoms in total. The summed E-state index contributed by atoms with van der Waals surface area (Å²) in [7, 11) is 2.06. The van der Waals surface area contributed by atoms with Crippen molar-refractivity contribution in [3.8, 4) is 0 Å². The molecule has 1 aromatic rings. The van der Waals surface area contributed by atoms with Crippen molar-refractivity contribution in [2.24, 2.45) is 5.92 Å². The van der Waals surface area contributed by atoms with Crippen LogP contribution >= 0.6 is 0 Å². The second-order valence-electron chi connectivity index (χ2n) is 5.11. The molecular weight excluding hydrogens is 208 g/mol. The van der Waals surface area contributed by atoms with Crippen LogP contribution in [0, 0.1) is 12.8 Å². The topological polar surface area (TPSA) is 24.1 Å². The van der Waals surface area contributed by atoms with E-state index in [0.29, 0.717) is 5.92 Å². The fraction of sp³-hybridized carbons (Fsp3) is 0.600. The van der Waals surface area contributed by atoms with Gasteiger partial charge in [0.25, 0.3) is 0 Å². The van der Waals surface area contributed by atoms with Crippen LogP contribution in [0.2, 0.25) is 0 Å². The molecule has 1 aliphatic rings. The zero-order valence-electron chi connectivity index (χ0n) is 11.0. The van der Waals surface area contributed by atoms with Crippen molar-refractivity contribution in [1.82, 2.24) is 10.6 Å². The maximum Gasteiger partial charge on any atom is 0.00199 e. The van der Waals surface area contributed by atoms with Crippen LogP contribution in [0.4, 0.5) is 0 Å². The molecule has 0 amide bonds. The van der Waals surface area contributed by atoms with E-state index in [1.54, 1.807) is 0 Å². The lowest BCUT2D eigenvalue weighted by molar-refractivity contribution is 0.312. The Balaban J connectivity index is 2.18. The molecule has 1 aromatic carbocycles. The number of aryl methyl sites for hydroxylation is 1. The summed E-state index contributed by atoms with van der Waals surface area (Å²) in [6.07, 6.45) is 2.61. The zero-order chi connectivity index (χ0) is 12.1. The van der Waals surface area contributed by atoms with Gasteiger partial charge in [0.05, 0.1) is 0 Å². The molecule has 1 atom stereocenters. The van der Waals surface area contributed by atoms with Crippen molar-refractivity contribution >= 4 is 0 Å². The Morgan fingerprint density at radius 1 is 1.29 bits per heavy atom. The SMILES string of the molecule is CNCC(c1ccccc1C)C1CCNCC1. The maximum absolute atomic E-state index is 3.46. The van der Waals surface area contributed by atoms with Gasteiger partial charge >= 0.3 is 0 Å². The molecule has 0 bridgehead atoms. The smallest absolute Gasteiger partial charge is 0.00199 e. The van der Waals surface area contributed by atoms with E-state index >= 15 is 0 Å². The van der Waals surface area contributed by atoms with Crippen LogP contribution in [-0.4, -0.2) is 26.7 Å². The van der Waals surface area contributed by atoms with Crippen LogP contribution in [0.3, 0.4) is 0 Å². The molecule has 2 rings (SSSR count). The highest BCUT2D eigenvalue weighted by atomic mass is 14.9. The first kappa shape index (κ1) is 12.6. The predicted molar refractivity (Wildman–Crippen MR) is 73.4 cm³/mol. The van der Waals surface area contributed by atoms with Gasteiger partial charge in [-0.2, -0.15) is 0 Å². The lowest BCUT2D eigenvalue weighted by Crippen LogP contribution is -2.34. The van der Waals surface area contributed by atoms with Gasteiger partial charge in [-0.3, -0.25) is 0 Å². The average Bonchev–Trinajstić information content (AvgIpc) is 2.38. The van der Waals surface area contributed by atoms with Crippen molar-refractivity contribution < 1.29 is 0 Å². The van der Waals surface area contributed by atoms with E-state index < -0.39 is 0 Å². The number of rotatable bonds is 4. The van der Waals surface area contributed by atoms with Crippen molar-refractivity contribution in [3.05, 3.63) is 35.4 Å². The molecule has 2 N–H and O–H groups in total. The zero-order valence-corrected chi connectivity index (χ0v) is 11.0. The molecule has 1 unspecified atom stereocenters. The number of hydrogen-bond donors (Lipinski definition) is 2. The molecule has 0 spiro atoms.